The Hall–Kier alpha value is -1.80. The highest BCUT2D eigenvalue weighted by Gasteiger charge is 2.26. The lowest BCUT2D eigenvalue weighted by atomic mass is 9.97. The lowest BCUT2D eigenvalue weighted by molar-refractivity contribution is -0.122. The molecule has 5 N–H and O–H groups in total. The first-order valence-corrected chi connectivity index (χ1v) is 8.21. The van der Waals surface area contributed by atoms with Gasteiger partial charge in [-0.3, -0.25) is 4.79 Å². The zero-order valence-corrected chi connectivity index (χ0v) is 12.7. The summed E-state index contributed by atoms with van der Waals surface area (Å²) >= 11 is 0. The minimum absolute atomic E-state index is 0.149. The van der Waals surface area contributed by atoms with Crippen molar-refractivity contribution in [3.63, 3.8) is 0 Å². The van der Waals surface area contributed by atoms with E-state index in [1.54, 1.807) is 6.07 Å². The Morgan fingerprint density at radius 2 is 2.14 bits per heavy atom. The lowest BCUT2D eigenvalue weighted by Crippen LogP contribution is -2.41. The number of hydrogen-bond donors (Lipinski definition) is 3. The molecular formula is C13H20N4O3S. The quantitative estimate of drug-likeness (QED) is 0.670. The van der Waals surface area contributed by atoms with Crippen LogP contribution in [0, 0.1) is 5.92 Å². The summed E-state index contributed by atoms with van der Waals surface area (Å²) in [5.41, 5.74) is 12.4. The molecule has 8 heteroatoms. The van der Waals surface area contributed by atoms with Gasteiger partial charge in [-0.1, -0.05) is 0 Å². The molecule has 0 aliphatic carbocycles. The molecule has 1 amide bonds. The fraction of sp³-hybridized carbons (Fsp3) is 0.462. The average molecular weight is 312 g/mol. The first-order valence-electron chi connectivity index (χ1n) is 6.72. The van der Waals surface area contributed by atoms with Crippen LogP contribution >= 0.6 is 0 Å². The van der Waals surface area contributed by atoms with Gasteiger partial charge >= 0.3 is 0 Å². The van der Waals surface area contributed by atoms with Crippen molar-refractivity contribution in [2.75, 3.05) is 30.8 Å². The standard InChI is InChI=1S/C13H20N4O3S/c1-16-21(19,20)10-4-5-11(14)12(7-10)17-6-2-3-9(8-17)13(15)18/h4-5,7,9,16H,2-3,6,8,14H2,1H3,(H2,15,18). The largest absolute Gasteiger partial charge is 0.397 e. The van der Waals surface area contributed by atoms with Crippen molar-refractivity contribution in [2.45, 2.75) is 17.7 Å². The van der Waals surface area contributed by atoms with Crippen LogP contribution in [0.5, 0.6) is 0 Å². The van der Waals surface area contributed by atoms with Crippen molar-refractivity contribution in [2.24, 2.45) is 11.7 Å². The Kier molecular flexibility index (Phi) is 4.38. The van der Waals surface area contributed by atoms with E-state index >= 15 is 0 Å². The Bertz CT molecular complexity index is 645. The summed E-state index contributed by atoms with van der Waals surface area (Å²) in [6.45, 7) is 1.18. The monoisotopic (exact) mass is 312 g/mol. The van der Waals surface area contributed by atoms with E-state index < -0.39 is 10.0 Å². The maximum Gasteiger partial charge on any atom is 0.240 e. The number of piperidine rings is 1. The minimum Gasteiger partial charge on any atom is -0.397 e. The minimum atomic E-state index is -3.53. The summed E-state index contributed by atoms with van der Waals surface area (Å²) in [4.78, 5) is 13.4. The molecule has 0 radical (unpaired) electrons. The third-order valence-corrected chi connectivity index (χ3v) is 5.16. The molecule has 1 aromatic rings. The molecule has 21 heavy (non-hydrogen) atoms. The van der Waals surface area contributed by atoms with E-state index in [0.717, 1.165) is 19.4 Å². The van der Waals surface area contributed by atoms with Crippen LogP contribution in [-0.4, -0.2) is 34.5 Å². The number of rotatable bonds is 4. The normalized spacial score (nSPS) is 19.5. The zero-order chi connectivity index (χ0) is 15.6. The molecule has 1 aliphatic rings. The van der Waals surface area contributed by atoms with Crippen LogP contribution in [-0.2, 0) is 14.8 Å². The van der Waals surface area contributed by atoms with Gasteiger partial charge in [0.2, 0.25) is 15.9 Å². The molecule has 1 atom stereocenters. The highest BCUT2D eigenvalue weighted by Crippen LogP contribution is 2.30. The highest BCUT2D eigenvalue weighted by atomic mass is 32.2. The number of carbonyl (C=O) groups is 1. The molecule has 0 bridgehead atoms. The first kappa shape index (κ1) is 15.6. The summed E-state index contributed by atoms with van der Waals surface area (Å²) < 4.78 is 26.0. The van der Waals surface area contributed by atoms with Crippen LogP contribution in [0.3, 0.4) is 0 Å². The van der Waals surface area contributed by atoms with E-state index in [0.29, 0.717) is 17.9 Å². The van der Waals surface area contributed by atoms with Crippen molar-refractivity contribution in [1.82, 2.24) is 4.72 Å². The van der Waals surface area contributed by atoms with E-state index in [4.69, 9.17) is 11.5 Å². The summed E-state index contributed by atoms with van der Waals surface area (Å²) in [6.07, 6.45) is 1.57. The molecule has 1 aliphatic heterocycles. The fourth-order valence-corrected chi connectivity index (χ4v) is 3.26. The van der Waals surface area contributed by atoms with E-state index in [2.05, 4.69) is 4.72 Å². The van der Waals surface area contributed by atoms with Gasteiger partial charge in [0.1, 0.15) is 0 Å². The smallest absolute Gasteiger partial charge is 0.240 e. The average Bonchev–Trinajstić information content (AvgIpc) is 2.47. The summed E-state index contributed by atoms with van der Waals surface area (Å²) in [5, 5.41) is 0. The predicted molar refractivity (Wildman–Crippen MR) is 81.2 cm³/mol. The molecule has 116 valence electrons. The number of carbonyl (C=O) groups excluding carboxylic acids is 1. The van der Waals surface area contributed by atoms with Crippen LogP contribution in [0.25, 0.3) is 0 Å². The summed E-state index contributed by atoms with van der Waals surface area (Å²) in [5.74, 6) is -0.569. The van der Waals surface area contributed by atoms with Gasteiger partial charge in [0.25, 0.3) is 0 Å². The van der Waals surface area contributed by atoms with Gasteiger partial charge in [0.15, 0.2) is 0 Å². The van der Waals surface area contributed by atoms with E-state index in [9.17, 15) is 13.2 Å². The Labute approximate surface area is 124 Å². The maximum atomic E-state index is 11.9. The van der Waals surface area contributed by atoms with Crippen LogP contribution in [0.1, 0.15) is 12.8 Å². The van der Waals surface area contributed by atoms with Crippen LogP contribution in [0.4, 0.5) is 11.4 Å². The van der Waals surface area contributed by atoms with Crippen LogP contribution in [0.15, 0.2) is 23.1 Å². The highest BCUT2D eigenvalue weighted by molar-refractivity contribution is 7.89. The third kappa shape index (κ3) is 3.27. The second-order valence-electron chi connectivity index (χ2n) is 5.12. The SMILES string of the molecule is CNS(=O)(=O)c1ccc(N)c(N2CCCC(C(N)=O)C2)c1. The van der Waals surface area contributed by atoms with E-state index in [-0.39, 0.29) is 16.7 Å². The molecule has 1 fully saturated rings. The molecule has 1 aromatic carbocycles. The molecule has 1 heterocycles. The van der Waals surface area contributed by atoms with Gasteiger partial charge in [0.05, 0.1) is 22.2 Å². The molecule has 0 saturated carbocycles. The molecule has 2 rings (SSSR count). The van der Waals surface area contributed by atoms with E-state index in [1.165, 1.54) is 19.2 Å². The van der Waals surface area contributed by atoms with Crippen molar-refractivity contribution in [3.8, 4) is 0 Å². The van der Waals surface area contributed by atoms with Gasteiger partial charge in [-0.25, -0.2) is 13.1 Å². The predicted octanol–water partition coefficient (Wildman–Crippen LogP) is -0.121. The van der Waals surface area contributed by atoms with Crippen molar-refractivity contribution in [3.05, 3.63) is 18.2 Å². The number of hydrogen-bond acceptors (Lipinski definition) is 5. The fourth-order valence-electron chi connectivity index (χ4n) is 2.51. The number of nitrogens with one attached hydrogen (secondary N) is 1. The molecular weight excluding hydrogens is 292 g/mol. The lowest BCUT2D eigenvalue weighted by Gasteiger charge is -2.33. The van der Waals surface area contributed by atoms with Crippen LogP contribution in [0.2, 0.25) is 0 Å². The second kappa shape index (κ2) is 5.90. The van der Waals surface area contributed by atoms with Gasteiger partial charge in [-0.15, -0.1) is 0 Å². The van der Waals surface area contributed by atoms with Crippen molar-refractivity contribution < 1.29 is 13.2 Å². The number of nitrogens with two attached hydrogens (primary N) is 2. The number of amides is 1. The zero-order valence-electron chi connectivity index (χ0n) is 11.9. The van der Waals surface area contributed by atoms with Gasteiger partial charge in [-0.2, -0.15) is 0 Å². The second-order valence-corrected chi connectivity index (χ2v) is 7.00. The third-order valence-electron chi connectivity index (χ3n) is 3.75. The number of anilines is 2. The first-order chi connectivity index (χ1) is 9.85. The topological polar surface area (TPSA) is 119 Å². The Balaban J connectivity index is 2.35. The number of nitrogen functional groups attached to an aromatic ring is 1. The van der Waals surface area contributed by atoms with Gasteiger partial charge < -0.3 is 16.4 Å². The van der Waals surface area contributed by atoms with E-state index in [1.807, 2.05) is 4.90 Å². The Morgan fingerprint density at radius 1 is 1.43 bits per heavy atom. The number of primary amides is 1. The molecule has 1 saturated heterocycles. The molecule has 0 aromatic heterocycles. The number of sulfonamides is 1. The Morgan fingerprint density at radius 3 is 2.76 bits per heavy atom. The van der Waals surface area contributed by atoms with Crippen molar-refractivity contribution in [1.29, 1.82) is 0 Å². The number of nitrogens with zero attached hydrogens (tertiary/aromatic N) is 1. The maximum absolute atomic E-state index is 11.9. The van der Waals surface area contributed by atoms with Gasteiger partial charge in [-0.05, 0) is 38.1 Å². The number of benzene rings is 1. The molecule has 7 nitrogen and oxygen atoms in total. The summed E-state index contributed by atoms with van der Waals surface area (Å²) in [7, 11) is -2.17. The molecule has 0 spiro atoms. The summed E-state index contributed by atoms with van der Waals surface area (Å²) in [6, 6.07) is 4.55. The van der Waals surface area contributed by atoms with Gasteiger partial charge in [0, 0.05) is 13.1 Å². The van der Waals surface area contributed by atoms with Crippen LogP contribution < -0.4 is 21.1 Å². The van der Waals surface area contributed by atoms with Crippen molar-refractivity contribution >= 4 is 27.3 Å². The molecule has 1 unspecified atom stereocenters.